The molecule has 3 rings (SSSR count). The highest BCUT2D eigenvalue weighted by molar-refractivity contribution is 5.84. The number of amides is 1. The molecular formula is C26H25NO4. The van der Waals surface area contributed by atoms with Gasteiger partial charge in [0.15, 0.2) is 0 Å². The van der Waals surface area contributed by atoms with Crippen molar-refractivity contribution in [1.82, 2.24) is 5.32 Å². The monoisotopic (exact) mass is 415 g/mol. The smallest absolute Gasteiger partial charge is 0.407 e. The quantitative estimate of drug-likeness (QED) is 0.405. The molecule has 0 bridgehead atoms. The summed E-state index contributed by atoms with van der Waals surface area (Å²) in [7, 11) is 0. The van der Waals surface area contributed by atoms with Crippen LogP contribution >= 0.6 is 0 Å². The number of aliphatic carboxylic acids is 1. The van der Waals surface area contributed by atoms with Crippen LogP contribution in [0, 0.1) is 11.8 Å². The van der Waals surface area contributed by atoms with Crippen molar-refractivity contribution in [3.63, 3.8) is 0 Å². The van der Waals surface area contributed by atoms with Gasteiger partial charge in [-0.2, -0.15) is 0 Å². The number of nitrogens with one attached hydrogen (secondary N) is 1. The molecule has 5 nitrogen and oxygen atoms in total. The number of carboxylic acids is 1. The zero-order valence-corrected chi connectivity index (χ0v) is 17.3. The molecule has 0 radical (unpaired) electrons. The van der Waals surface area contributed by atoms with Crippen molar-refractivity contribution in [3.8, 4) is 11.8 Å². The summed E-state index contributed by atoms with van der Waals surface area (Å²) in [6.07, 6.45) is 1.66. The average Bonchev–Trinajstić information content (AvgIpc) is 2.78. The maximum atomic E-state index is 11.7. The van der Waals surface area contributed by atoms with Gasteiger partial charge in [0.1, 0.15) is 6.61 Å². The van der Waals surface area contributed by atoms with Gasteiger partial charge in [-0.25, -0.2) is 4.79 Å². The summed E-state index contributed by atoms with van der Waals surface area (Å²) >= 11 is 0. The molecule has 0 aliphatic rings. The molecule has 158 valence electrons. The molecule has 0 aliphatic heterocycles. The van der Waals surface area contributed by atoms with Gasteiger partial charge in [0, 0.05) is 24.9 Å². The lowest BCUT2D eigenvalue weighted by Gasteiger charge is -2.05. The Labute approximate surface area is 182 Å². The fourth-order valence-electron chi connectivity index (χ4n) is 3.14. The first-order valence-electron chi connectivity index (χ1n) is 10.3. The van der Waals surface area contributed by atoms with Crippen molar-refractivity contribution < 1.29 is 19.4 Å². The average molecular weight is 415 g/mol. The predicted octanol–water partition coefficient (Wildman–Crippen LogP) is 4.92. The van der Waals surface area contributed by atoms with E-state index in [1.54, 1.807) is 0 Å². The van der Waals surface area contributed by atoms with Crippen molar-refractivity contribution in [2.24, 2.45) is 0 Å². The largest absolute Gasteiger partial charge is 0.481 e. The zero-order valence-electron chi connectivity index (χ0n) is 17.3. The van der Waals surface area contributed by atoms with Crippen LogP contribution in [-0.2, 0) is 22.6 Å². The van der Waals surface area contributed by atoms with E-state index in [4.69, 9.17) is 9.84 Å². The van der Waals surface area contributed by atoms with E-state index in [0.717, 1.165) is 33.9 Å². The Morgan fingerprint density at radius 2 is 1.71 bits per heavy atom. The van der Waals surface area contributed by atoms with Gasteiger partial charge in [-0.3, -0.25) is 4.79 Å². The lowest BCUT2D eigenvalue weighted by Crippen LogP contribution is -2.24. The number of ether oxygens (including phenoxy) is 1. The predicted molar refractivity (Wildman–Crippen MR) is 121 cm³/mol. The third-order valence-corrected chi connectivity index (χ3v) is 4.73. The van der Waals surface area contributed by atoms with E-state index in [2.05, 4.69) is 23.2 Å². The highest BCUT2D eigenvalue weighted by Crippen LogP contribution is 2.19. The van der Waals surface area contributed by atoms with E-state index >= 15 is 0 Å². The molecule has 3 aromatic carbocycles. The van der Waals surface area contributed by atoms with Crippen LogP contribution in [0.15, 0.2) is 66.7 Å². The van der Waals surface area contributed by atoms with Crippen LogP contribution in [0.3, 0.4) is 0 Å². The molecule has 0 aliphatic carbocycles. The highest BCUT2D eigenvalue weighted by atomic mass is 16.5. The number of alkyl carbamates (subject to hydrolysis) is 1. The molecule has 0 unspecified atom stereocenters. The molecule has 1 amide bonds. The molecule has 0 aromatic heterocycles. The van der Waals surface area contributed by atoms with E-state index in [1.165, 1.54) is 0 Å². The summed E-state index contributed by atoms with van der Waals surface area (Å²) < 4.78 is 5.16. The van der Waals surface area contributed by atoms with Gasteiger partial charge >= 0.3 is 12.1 Å². The van der Waals surface area contributed by atoms with E-state index in [9.17, 15) is 9.59 Å². The molecule has 0 spiro atoms. The van der Waals surface area contributed by atoms with Gasteiger partial charge in [-0.05, 0) is 46.9 Å². The number of carboxylic acid groups (broad SMARTS) is 1. The summed E-state index contributed by atoms with van der Waals surface area (Å²) in [5, 5.41) is 13.7. The molecule has 5 heteroatoms. The summed E-state index contributed by atoms with van der Waals surface area (Å²) in [5.41, 5.74) is 3.00. The van der Waals surface area contributed by atoms with Crippen molar-refractivity contribution in [2.45, 2.75) is 32.3 Å². The van der Waals surface area contributed by atoms with Crippen LogP contribution in [0.4, 0.5) is 4.79 Å². The first-order valence-corrected chi connectivity index (χ1v) is 10.3. The van der Waals surface area contributed by atoms with Gasteiger partial charge < -0.3 is 15.2 Å². The molecular weight excluding hydrogens is 390 g/mol. The van der Waals surface area contributed by atoms with Crippen LogP contribution in [0.1, 0.15) is 36.0 Å². The van der Waals surface area contributed by atoms with Gasteiger partial charge in [0.2, 0.25) is 0 Å². The van der Waals surface area contributed by atoms with Crippen molar-refractivity contribution >= 4 is 22.8 Å². The van der Waals surface area contributed by atoms with Crippen LogP contribution < -0.4 is 5.32 Å². The first kappa shape index (κ1) is 21.9. The SMILES string of the molecule is O=C(O)CCCc1ccc2cc(C#CCCNC(=O)OCc3ccccc3)ccc2c1. The maximum Gasteiger partial charge on any atom is 0.407 e. The first-order chi connectivity index (χ1) is 15.1. The Kier molecular flexibility index (Phi) is 8.07. The third kappa shape index (κ3) is 7.52. The molecule has 31 heavy (non-hydrogen) atoms. The van der Waals surface area contributed by atoms with E-state index in [0.29, 0.717) is 19.4 Å². The second-order valence-electron chi connectivity index (χ2n) is 7.18. The molecule has 3 aromatic rings. The number of fused-ring (bicyclic) bond motifs is 1. The Morgan fingerprint density at radius 1 is 0.935 bits per heavy atom. The number of hydrogen-bond donors (Lipinski definition) is 2. The lowest BCUT2D eigenvalue weighted by atomic mass is 10.0. The maximum absolute atomic E-state index is 11.7. The summed E-state index contributed by atoms with van der Waals surface area (Å²) in [4.78, 5) is 22.4. The lowest BCUT2D eigenvalue weighted by molar-refractivity contribution is -0.137. The van der Waals surface area contributed by atoms with Gasteiger partial charge in [0.25, 0.3) is 0 Å². The minimum absolute atomic E-state index is 0.187. The fourth-order valence-corrected chi connectivity index (χ4v) is 3.14. The Balaban J connectivity index is 1.44. The topological polar surface area (TPSA) is 75.6 Å². The Bertz CT molecular complexity index is 1100. The second kappa shape index (κ2) is 11.4. The highest BCUT2D eigenvalue weighted by Gasteiger charge is 2.02. The molecule has 0 saturated carbocycles. The van der Waals surface area contributed by atoms with Crippen molar-refractivity contribution in [2.75, 3.05) is 6.54 Å². The second-order valence-corrected chi connectivity index (χ2v) is 7.18. The number of carbonyl (C=O) groups excluding carboxylic acids is 1. The number of carbonyl (C=O) groups is 2. The van der Waals surface area contributed by atoms with E-state index in [-0.39, 0.29) is 13.0 Å². The standard InChI is InChI=1S/C26H25NO4/c28-25(29)11-6-10-21-13-15-23-17-20(12-14-24(23)18-21)7-4-5-16-27-26(30)31-19-22-8-2-1-3-9-22/h1-3,8-9,12-15,17-18H,5-6,10-11,16,19H2,(H,27,30)(H,28,29). The molecule has 0 heterocycles. The summed E-state index contributed by atoms with van der Waals surface area (Å²) in [6.45, 7) is 0.671. The van der Waals surface area contributed by atoms with Crippen LogP contribution in [0.25, 0.3) is 10.8 Å². The molecule has 0 saturated heterocycles. The number of hydrogen-bond acceptors (Lipinski definition) is 3. The number of benzene rings is 3. The van der Waals surface area contributed by atoms with Gasteiger partial charge in [-0.15, -0.1) is 0 Å². The van der Waals surface area contributed by atoms with E-state index in [1.807, 2.05) is 60.7 Å². The minimum atomic E-state index is -0.761. The van der Waals surface area contributed by atoms with E-state index < -0.39 is 12.1 Å². The van der Waals surface area contributed by atoms with Crippen LogP contribution in [-0.4, -0.2) is 23.7 Å². The Morgan fingerprint density at radius 3 is 2.52 bits per heavy atom. The molecule has 0 fully saturated rings. The van der Waals surface area contributed by atoms with Crippen LogP contribution in [0.2, 0.25) is 0 Å². The Hall–Kier alpha value is -3.78. The summed E-state index contributed by atoms with van der Waals surface area (Å²) in [6, 6.07) is 21.7. The normalized spacial score (nSPS) is 10.2. The molecule has 2 N–H and O–H groups in total. The van der Waals surface area contributed by atoms with Crippen LogP contribution in [0.5, 0.6) is 0 Å². The third-order valence-electron chi connectivity index (χ3n) is 4.73. The van der Waals surface area contributed by atoms with Crippen molar-refractivity contribution in [3.05, 3.63) is 83.4 Å². The van der Waals surface area contributed by atoms with Crippen molar-refractivity contribution in [1.29, 1.82) is 0 Å². The zero-order chi connectivity index (χ0) is 21.9. The van der Waals surface area contributed by atoms with Gasteiger partial charge in [-0.1, -0.05) is 66.4 Å². The fraction of sp³-hybridized carbons (Fsp3) is 0.231. The summed E-state index contributed by atoms with van der Waals surface area (Å²) in [5.74, 6) is 5.43. The number of aryl methyl sites for hydroxylation is 1. The van der Waals surface area contributed by atoms with Gasteiger partial charge in [0.05, 0.1) is 0 Å². The minimum Gasteiger partial charge on any atom is -0.481 e. The number of rotatable bonds is 8. The molecule has 0 atom stereocenters.